The molecule has 1 N–H and O–H groups in total. The minimum atomic E-state index is -0.484. The quantitative estimate of drug-likeness (QED) is 0.666. The third-order valence-corrected chi connectivity index (χ3v) is 5.18. The fraction of sp³-hybridized carbons (Fsp3) is 0.526. The summed E-state index contributed by atoms with van der Waals surface area (Å²) in [7, 11) is 2.96. The Balaban J connectivity index is 2.27. The van der Waals surface area contributed by atoms with Crippen LogP contribution in [0.2, 0.25) is 0 Å². The minimum Gasteiger partial charge on any atom is -0.466 e. The molecule has 2 aromatic heterocycles. The minimum absolute atomic E-state index is 0.0117. The first kappa shape index (κ1) is 20.6. The first-order chi connectivity index (χ1) is 13.8. The number of esters is 1. The molecule has 1 fully saturated rings. The van der Waals surface area contributed by atoms with Gasteiger partial charge in [-0.25, -0.2) is 9.78 Å². The molecule has 2 aromatic rings. The highest BCUT2D eigenvalue weighted by molar-refractivity contribution is 5.94. The molecule has 1 atom stereocenters. The number of pyridine rings is 1. The van der Waals surface area contributed by atoms with E-state index in [2.05, 4.69) is 10.3 Å². The van der Waals surface area contributed by atoms with Crippen molar-refractivity contribution >= 4 is 28.6 Å². The lowest BCUT2D eigenvalue weighted by molar-refractivity contribution is -0.143. The third-order valence-electron chi connectivity index (χ3n) is 5.18. The van der Waals surface area contributed by atoms with E-state index >= 15 is 0 Å². The second-order valence-electron chi connectivity index (χ2n) is 6.98. The Hall–Kier alpha value is -3.17. The standard InChI is InChI=1S/C19H25N5O5/c1-5-11-8-21-17-15(18(27)23(4)19(28)22(17)3)16(11)24-10-13(25)20-9-12(24)7-14(26)29-6-2/h8,12H,5-7,9-10H2,1-4H3,(H,20,25). The molecule has 0 radical (unpaired) electrons. The number of hydrogen-bond acceptors (Lipinski definition) is 7. The summed E-state index contributed by atoms with van der Waals surface area (Å²) in [6.45, 7) is 4.15. The molecule has 10 heteroatoms. The number of nitrogens with zero attached hydrogens (tertiary/aromatic N) is 4. The number of piperazine rings is 1. The molecule has 0 bridgehead atoms. The molecule has 3 heterocycles. The summed E-state index contributed by atoms with van der Waals surface area (Å²) < 4.78 is 7.41. The Bertz CT molecular complexity index is 1090. The Morgan fingerprint density at radius 1 is 1.24 bits per heavy atom. The number of carbonyl (C=O) groups excluding carboxylic acids is 2. The summed E-state index contributed by atoms with van der Waals surface area (Å²) in [4.78, 5) is 55.8. The fourth-order valence-electron chi connectivity index (χ4n) is 3.68. The van der Waals surface area contributed by atoms with Gasteiger partial charge in [0, 0.05) is 26.8 Å². The van der Waals surface area contributed by atoms with E-state index in [1.807, 2.05) is 6.92 Å². The van der Waals surface area contributed by atoms with E-state index in [-0.39, 0.29) is 55.1 Å². The monoisotopic (exact) mass is 403 g/mol. The molecule has 1 unspecified atom stereocenters. The van der Waals surface area contributed by atoms with Crippen molar-refractivity contribution < 1.29 is 14.3 Å². The summed E-state index contributed by atoms with van der Waals surface area (Å²) in [5.74, 6) is -0.589. The lowest BCUT2D eigenvalue weighted by atomic mass is 10.0. The van der Waals surface area contributed by atoms with Gasteiger partial charge in [0.1, 0.15) is 5.39 Å². The Morgan fingerprint density at radius 3 is 2.62 bits per heavy atom. The lowest BCUT2D eigenvalue weighted by Gasteiger charge is -2.38. The molecule has 1 amide bonds. The van der Waals surface area contributed by atoms with E-state index in [1.165, 1.54) is 11.6 Å². The maximum absolute atomic E-state index is 13.0. The first-order valence-electron chi connectivity index (χ1n) is 9.56. The zero-order valence-corrected chi connectivity index (χ0v) is 17.0. The lowest BCUT2D eigenvalue weighted by Crippen LogP contribution is -2.56. The highest BCUT2D eigenvalue weighted by atomic mass is 16.5. The van der Waals surface area contributed by atoms with Gasteiger partial charge in [-0.1, -0.05) is 6.92 Å². The number of hydrogen-bond donors (Lipinski definition) is 1. The van der Waals surface area contributed by atoms with Gasteiger partial charge in [-0.3, -0.25) is 23.5 Å². The van der Waals surface area contributed by atoms with Crippen molar-refractivity contribution in [2.45, 2.75) is 32.7 Å². The molecule has 0 aromatic carbocycles. The van der Waals surface area contributed by atoms with Crippen LogP contribution in [0.15, 0.2) is 15.8 Å². The number of amides is 1. The van der Waals surface area contributed by atoms with E-state index < -0.39 is 11.2 Å². The van der Waals surface area contributed by atoms with E-state index in [4.69, 9.17) is 4.74 Å². The van der Waals surface area contributed by atoms with Gasteiger partial charge in [0.25, 0.3) is 5.56 Å². The van der Waals surface area contributed by atoms with Crippen molar-refractivity contribution in [3.8, 4) is 0 Å². The zero-order valence-electron chi connectivity index (χ0n) is 17.0. The van der Waals surface area contributed by atoms with Gasteiger partial charge in [0.2, 0.25) is 5.91 Å². The van der Waals surface area contributed by atoms with Gasteiger partial charge < -0.3 is 15.0 Å². The predicted molar refractivity (Wildman–Crippen MR) is 107 cm³/mol. The average molecular weight is 403 g/mol. The molecular weight excluding hydrogens is 378 g/mol. The van der Waals surface area contributed by atoms with Crippen LogP contribution in [0.1, 0.15) is 25.8 Å². The summed E-state index contributed by atoms with van der Waals surface area (Å²) >= 11 is 0. The summed E-state index contributed by atoms with van der Waals surface area (Å²) in [5, 5.41) is 3.03. The SMILES string of the molecule is CCOC(=O)CC1CNC(=O)CN1c1c(CC)cnc2c1c(=O)n(C)c(=O)n2C. The van der Waals surface area contributed by atoms with Gasteiger partial charge in [-0.2, -0.15) is 0 Å². The van der Waals surface area contributed by atoms with Crippen LogP contribution >= 0.6 is 0 Å². The van der Waals surface area contributed by atoms with Crippen molar-refractivity contribution in [2.75, 3.05) is 24.6 Å². The zero-order chi connectivity index (χ0) is 21.3. The van der Waals surface area contributed by atoms with Gasteiger partial charge in [0.05, 0.1) is 31.3 Å². The molecule has 156 valence electrons. The van der Waals surface area contributed by atoms with Gasteiger partial charge in [0.15, 0.2) is 5.65 Å². The Labute approximate surface area is 167 Å². The van der Waals surface area contributed by atoms with E-state index in [0.717, 1.165) is 10.1 Å². The molecular formula is C19H25N5O5. The molecule has 3 rings (SSSR count). The van der Waals surface area contributed by atoms with Crippen LogP contribution in [0.5, 0.6) is 0 Å². The molecule has 1 aliphatic heterocycles. The summed E-state index contributed by atoms with van der Waals surface area (Å²) in [6.07, 6.45) is 2.24. The van der Waals surface area contributed by atoms with Crippen LogP contribution < -0.4 is 21.5 Å². The van der Waals surface area contributed by atoms with Crippen LogP contribution in [0.3, 0.4) is 0 Å². The van der Waals surface area contributed by atoms with E-state index in [0.29, 0.717) is 12.1 Å². The number of carbonyl (C=O) groups is 2. The molecule has 0 spiro atoms. The maximum Gasteiger partial charge on any atom is 0.332 e. The molecule has 29 heavy (non-hydrogen) atoms. The maximum atomic E-state index is 13.0. The molecule has 1 aliphatic rings. The Kier molecular flexibility index (Phi) is 5.71. The van der Waals surface area contributed by atoms with Crippen molar-refractivity contribution in [1.82, 2.24) is 19.4 Å². The van der Waals surface area contributed by atoms with E-state index in [9.17, 15) is 19.2 Å². The largest absolute Gasteiger partial charge is 0.466 e. The average Bonchev–Trinajstić information content (AvgIpc) is 2.71. The molecule has 0 saturated carbocycles. The van der Waals surface area contributed by atoms with E-state index in [1.54, 1.807) is 25.1 Å². The summed E-state index contributed by atoms with van der Waals surface area (Å²) in [6, 6.07) is -0.385. The van der Waals surface area contributed by atoms with Crippen molar-refractivity contribution in [2.24, 2.45) is 14.1 Å². The van der Waals surface area contributed by atoms with Gasteiger partial charge >= 0.3 is 11.7 Å². The summed E-state index contributed by atoms with van der Waals surface area (Å²) in [5.41, 5.74) is 0.576. The third kappa shape index (κ3) is 3.62. The van der Waals surface area contributed by atoms with Crippen LogP contribution in [-0.2, 0) is 34.8 Å². The number of anilines is 1. The van der Waals surface area contributed by atoms with Gasteiger partial charge in [-0.05, 0) is 18.9 Å². The smallest absolute Gasteiger partial charge is 0.332 e. The van der Waals surface area contributed by atoms with Crippen molar-refractivity contribution in [1.29, 1.82) is 0 Å². The van der Waals surface area contributed by atoms with Crippen LogP contribution in [0.25, 0.3) is 11.0 Å². The van der Waals surface area contributed by atoms with Crippen molar-refractivity contribution in [3.05, 3.63) is 32.6 Å². The molecule has 0 aliphatic carbocycles. The van der Waals surface area contributed by atoms with Crippen molar-refractivity contribution in [3.63, 3.8) is 0 Å². The van der Waals surface area contributed by atoms with Gasteiger partial charge in [-0.15, -0.1) is 0 Å². The van der Waals surface area contributed by atoms with Crippen LogP contribution in [0, 0.1) is 0 Å². The fourth-order valence-corrected chi connectivity index (χ4v) is 3.68. The number of aromatic nitrogens is 3. The first-order valence-corrected chi connectivity index (χ1v) is 9.56. The van der Waals surface area contributed by atoms with Crippen LogP contribution in [-0.4, -0.2) is 51.7 Å². The molecule has 1 saturated heterocycles. The highest BCUT2D eigenvalue weighted by Gasteiger charge is 2.32. The van der Waals surface area contributed by atoms with Crippen LogP contribution in [0.4, 0.5) is 5.69 Å². The highest BCUT2D eigenvalue weighted by Crippen LogP contribution is 2.30. The number of rotatable bonds is 5. The second-order valence-corrected chi connectivity index (χ2v) is 6.98. The predicted octanol–water partition coefficient (Wildman–Crippen LogP) is -0.547. The number of aryl methyl sites for hydroxylation is 2. The topological polar surface area (TPSA) is 116 Å². The molecule has 10 nitrogen and oxygen atoms in total. The number of nitrogens with one attached hydrogen (secondary N) is 1. The number of ether oxygens (including phenoxy) is 1. The number of fused-ring (bicyclic) bond motifs is 1. The Morgan fingerprint density at radius 2 is 1.97 bits per heavy atom. The normalized spacial score (nSPS) is 16.8. The second kappa shape index (κ2) is 8.06.